The minimum absolute atomic E-state index is 0.503. The topological polar surface area (TPSA) is 9.23 Å². The molecular weight excluding hydrogens is 220 g/mol. The van der Waals surface area contributed by atoms with E-state index in [1.54, 1.807) is 0 Å². The first-order valence-electron chi connectivity index (χ1n) is 7.63. The van der Waals surface area contributed by atoms with Gasteiger partial charge in [0.15, 0.2) is 0 Å². The van der Waals surface area contributed by atoms with Gasteiger partial charge in [-0.05, 0) is 42.9 Å². The summed E-state index contributed by atoms with van der Waals surface area (Å²) in [6.45, 7) is 7.98. The maximum absolute atomic E-state index is 6.22. The lowest BCUT2D eigenvalue weighted by Gasteiger charge is -2.37. The molecule has 0 aromatic heterocycles. The lowest BCUT2D eigenvalue weighted by molar-refractivity contribution is -0.0401. The highest BCUT2D eigenvalue weighted by Crippen LogP contribution is 2.35. The summed E-state index contributed by atoms with van der Waals surface area (Å²) < 4.78 is 6.22. The third-order valence-corrected chi connectivity index (χ3v) is 4.57. The Kier molecular flexibility index (Phi) is 5.05. The minimum Gasteiger partial charge on any atom is -0.378 e. The van der Waals surface area contributed by atoms with Crippen molar-refractivity contribution in [3.05, 3.63) is 24.3 Å². The number of hydrogen-bond acceptors (Lipinski definition) is 1. The van der Waals surface area contributed by atoms with Crippen LogP contribution >= 0.6 is 0 Å². The van der Waals surface area contributed by atoms with Gasteiger partial charge in [-0.25, -0.2) is 0 Å². The molecular formula is C17H28O. The number of hydrogen-bond donors (Lipinski definition) is 0. The Labute approximate surface area is 112 Å². The molecule has 0 radical (unpaired) electrons. The van der Waals surface area contributed by atoms with Crippen LogP contribution in [0.2, 0.25) is 0 Å². The Hall–Kier alpha value is -0.560. The van der Waals surface area contributed by atoms with Crippen LogP contribution in [-0.4, -0.2) is 12.7 Å². The SMILES string of the molecule is CC1CCC(C(C)C)C(OCCC2C=CC=C2)C1. The molecule has 0 N–H and O–H groups in total. The second-order valence-electron chi connectivity index (χ2n) is 6.46. The molecule has 1 heteroatoms. The van der Waals surface area contributed by atoms with Crippen molar-refractivity contribution in [1.29, 1.82) is 0 Å². The summed E-state index contributed by atoms with van der Waals surface area (Å²) in [4.78, 5) is 0. The van der Waals surface area contributed by atoms with Gasteiger partial charge in [0, 0.05) is 6.61 Å². The largest absolute Gasteiger partial charge is 0.378 e. The first-order valence-corrected chi connectivity index (χ1v) is 7.63. The average molecular weight is 248 g/mol. The summed E-state index contributed by atoms with van der Waals surface area (Å²) in [5.74, 6) is 2.99. The van der Waals surface area contributed by atoms with Crippen LogP contribution in [0.4, 0.5) is 0 Å². The van der Waals surface area contributed by atoms with E-state index in [2.05, 4.69) is 45.1 Å². The summed E-state index contributed by atoms with van der Waals surface area (Å²) in [5.41, 5.74) is 0. The van der Waals surface area contributed by atoms with E-state index in [4.69, 9.17) is 4.74 Å². The summed E-state index contributed by atoms with van der Waals surface area (Å²) in [5, 5.41) is 0. The van der Waals surface area contributed by atoms with Crippen molar-refractivity contribution in [3.63, 3.8) is 0 Å². The van der Waals surface area contributed by atoms with Gasteiger partial charge in [-0.1, -0.05) is 51.5 Å². The van der Waals surface area contributed by atoms with Crippen molar-refractivity contribution in [2.75, 3.05) is 6.61 Å². The zero-order valence-electron chi connectivity index (χ0n) is 12.1. The molecule has 102 valence electrons. The second-order valence-corrected chi connectivity index (χ2v) is 6.46. The highest BCUT2D eigenvalue weighted by molar-refractivity contribution is 5.17. The molecule has 0 saturated heterocycles. The molecule has 18 heavy (non-hydrogen) atoms. The fraction of sp³-hybridized carbons (Fsp3) is 0.765. The highest BCUT2D eigenvalue weighted by atomic mass is 16.5. The third kappa shape index (κ3) is 3.71. The molecule has 2 aliphatic carbocycles. The molecule has 1 saturated carbocycles. The molecule has 0 heterocycles. The van der Waals surface area contributed by atoms with E-state index < -0.39 is 0 Å². The molecule has 0 aromatic rings. The summed E-state index contributed by atoms with van der Waals surface area (Å²) in [6, 6.07) is 0. The van der Waals surface area contributed by atoms with E-state index in [0.29, 0.717) is 12.0 Å². The zero-order chi connectivity index (χ0) is 13.0. The molecule has 0 spiro atoms. The van der Waals surface area contributed by atoms with Crippen LogP contribution in [0.3, 0.4) is 0 Å². The molecule has 0 amide bonds. The lowest BCUT2D eigenvalue weighted by atomic mass is 9.75. The Bertz CT molecular complexity index is 291. The van der Waals surface area contributed by atoms with E-state index >= 15 is 0 Å². The van der Waals surface area contributed by atoms with Gasteiger partial charge in [-0.15, -0.1) is 0 Å². The highest BCUT2D eigenvalue weighted by Gasteiger charge is 2.31. The van der Waals surface area contributed by atoms with Crippen LogP contribution in [0, 0.1) is 23.7 Å². The first-order chi connectivity index (χ1) is 8.66. The van der Waals surface area contributed by atoms with Crippen LogP contribution in [0.1, 0.15) is 46.5 Å². The van der Waals surface area contributed by atoms with Gasteiger partial charge in [0.2, 0.25) is 0 Å². The van der Waals surface area contributed by atoms with Crippen LogP contribution in [0.25, 0.3) is 0 Å². The van der Waals surface area contributed by atoms with Gasteiger partial charge in [0.25, 0.3) is 0 Å². The van der Waals surface area contributed by atoms with E-state index in [9.17, 15) is 0 Å². The van der Waals surface area contributed by atoms with E-state index in [1.165, 1.54) is 19.3 Å². The van der Waals surface area contributed by atoms with Crippen LogP contribution in [-0.2, 0) is 4.74 Å². The maximum atomic E-state index is 6.22. The van der Waals surface area contributed by atoms with Gasteiger partial charge in [0.05, 0.1) is 6.10 Å². The molecule has 3 unspecified atom stereocenters. The average Bonchev–Trinajstić information content (AvgIpc) is 2.82. The van der Waals surface area contributed by atoms with E-state index in [-0.39, 0.29) is 0 Å². The third-order valence-electron chi connectivity index (χ3n) is 4.57. The van der Waals surface area contributed by atoms with Crippen molar-refractivity contribution >= 4 is 0 Å². The predicted octanol–water partition coefficient (Wildman–Crippen LogP) is 4.60. The monoisotopic (exact) mass is 248 g/mol. The number of ether oxygens (including phenoxy) is 1. The van der Waals surface area contributed by atoms with Crippen molar-refractivity contribution in [2.24, 2.45) is 23.7 Å². The van der Waals surface area contributed by atoms with Crippen LogP contribution < -0.4 is 0 Å². The molecule has 1 nitrogen and oxygen atoms in total. The second kappa shape index (κ2) is 6.56. The van der Waals surface area contributed by atoms with E-state index in [0.717, 1.165) is 30.8 Å². The van der Waals surface area contributed by atoms with E-state index in [1.807, 2.05) is 0 Å². The lowest BCUT2D eigenvalue weighted by Crippen LogP contribution is -2.34. The standard InChI is InChI=1S/C17H28O/c1-13(2)16-9-8-14(3)12-17(16)18-11-10-15-6-4-5-7-15/h4-7,13-17H,8-12H2,1-3H3. The van der Waals surface area contributed by atoms with Gasteiger partial charge in [-0.3, -0.25) is 0 Å². The molecule has 0 aromatic carbocycles. The first kappa shape index (κ1) is 13.9. The van der Waals surface area contributed by atoms with Crippen molar-refractivity contribution in [3.8, 4) is 0 Å². The van der Waals surface area contributed by atoms with Gasteiger partial charge in [-0.2, -0.15) is 0 Å². The van der Waals surface area contributed by atoms with Crippen molar-refractivity contribution in [1.82, 2.24) is 0 Å². The molecule has 2 aliphatic rings. The quantitative estimate of drug-likeness (QED) is 0.691. The molecule has 2 rings (SSSR count). The van der Waals surface area contributed by atoms with Crippen molar-refractivity contribution < 1.29 is 4.74 Å². The maximum Gasteiger partial charge on any atom is 0.0608 e. The fourth-order valence-electron chi connectivity index (χ4n) is 3.33. The molecule has 3 atom stereocenters. The Morgan fingerprint density at radius 2 is 1.89 bits per heavy atom. The zero-order valence-corrected chi connectivity index (χ0v) is 12.1. The predicted molar refractivity (Wildman–Crippen MR) is 77.5 cm³/mol. The summed E-state index contributed by atoms with van der Waals surface area (Å²) in [6.07, 6.45) is 14.5. The van der Waals surface area contributed by atoms with Crippen molar-refractivity contribution in [2.45, 2.75) is 52.6 Å². The molecule has 1 fully saturated rings. The minimum atomic E-state index is 0.503. The summed E-state index contributed by atoms with van der Waals surface area (Å²) in [7, 11) is 0. The fourth-order valence-corrected chi connectivity index (χ4v) is 3.33. The summed E-state index contributed by atoms with van der Waals surface area (Å²) >= 11 is 0. The number of allylic oxidation sites excluding steroid dienone is 4. The Balaban J connectivity index is 1.77. The molecule has 0 bridgehead atoms. The van der Waals surface area contributed by atoms with Crippen LogP contribution in [0.5, 0.6) is 0 Å². The molecule has 0 aliphatic heterocycles. The smallest absolute Gasteiger partial charge is 0.0608 e. The Morgan fingerprint density at radius 3 is 2.56 bits per heavy atom. The van der Waals surface area contributed by atoms with Gasteiger partial charge >= 0.3 is 0 Å². The van der Waals surface area contributed by atoms with Gasteiger partial charge < -0.3 is 4.74 Å². The van der Waals surface area contributed by atoms with Crippen LogP contribution in [0.15, 0.2) is 24.3 Å². The number of rotatable bonds is 5. The Morgan fingerprint density at radius 1 is 1.17 bits per heavy atom. The van der Waals surface area contributed by atoms with Gasteiger partial charge in [0.1, 0.15) is 0 Å². The normalized spacial score (nSPS) is 32.6.